The Morgan fingerprint density at radius 3 is 3.00 bits per heavy atom. The number of carbonyl (C=O) groups is 1. The lowest BCUT2D eigenvalue weighted by atomic mass is 10.2. The van der Waals surface area contributed by atoms with Gasteiger partial charge in [-0.15, -0.1) is 0 Å². The Labute approximate surface area is 108 Å². The van der Waals surface area contributed by atoms with Gasteiger partial charge < -0.3 is 15.5 Å². The molecule has 0 fully saturated rings. The van der Waals surface area contributed by atoms with Crippen LogP contribution in [-0.2, 0) is 7.05 Å². The molecule has 0 unspecified atom stereocenters. The van der Waals surface area contributed by atoms with Crippen LogP contribution in [0.2, 0.25) is 0 Å². The van der Waals surface area contributed by atoms with Gasteiger partial charge in [-0.3, -0.25) is 9.48 Å². The van der Waals surface area contributed by atoms with E-state index in [9.17, 15) is 4.79 Å². The lowest BCUT2D eigenvalue weighted by Gasteiger charge is -1.97. The standard InChI is InChI=1S/C13H12N4O2/c1-17-7-10(6-15-17)16-13(18)12-5-8-4-9(14)2-3-11(8)19-12/h2-7H,14H2,1H3,(H,16,18). The first-order valence-electron chi connectivity index (χ1n) is 5.71. The van der Waals surface area contributed by atoms with Crippen LogP contribution >= 0.6 is 0 Å². The van der Waals surface area contributed by atoms with Crippen molar-refractivity contribution in [2.75, 3.05) is 11.1 Å². The molecule has 0 spiro atoms. The number of rotatable bonds is 2. The van der Waals surface area contributed by atoms with Crippen molar-refractivity contribution in [2.45, 2.75) is 0 Å². The van der Waals surface area contributed by atoms with Crippen LogP contribution in [0.4, 0.5) is 11.4 Å². The zero-order valence-electron chi connectivity index (χ0n) is 10.3. The molecule has 0 aliphatic heterocycles. The molecule has 1 aromatic carbocycles. The Balaban J connectivity index is 1.89. The minimum Gasteiger partial charge on any atom is -0.451 e. The number of carbonyl (C=O) groups excluding carboxylic acids is 1. The van der Waals surface area contributed by atoms with E-state index in [-0.39, 0.29) is 11.7 Å². The second-order valence-corrected chi connectivity index (χ2v) is 4.26. The van der Waals surface area contributed by atoms with E-state index >= 15 is 0 Å². The van der Waals surface area contributed by atoms with Crippen molar-refractivity contribution in [3.05, 3.63) is 42.4 Å². The fraction of sp³-hybridized carbons (Fsp3) is 0.0769. The van der Waals surface area contributed by atoms with Gasteiger partial charge >= 0.3 is 0 Å². The number of nitrogens with one attached hydrogen (secondary N) is 1. The molecule has 6 heteroatoms. The minimum absolute atomic E-state index is 0.240. The number of benzene rings is 1. The van der Waals surface area contributed by atoms with Crippen molar-refractivity contribution < 1.29 is 9.21 Å². The molecule has 19 heavy (non-hydrogen) atoms. The third-order valence-corrected chi connectivity index (χ3v) is 2.73. The average molecular weight is 256 g/mol. The molecule has 2 aromatic heterocycles. The highest BCUT2D eigenvalue weighted by Crippen LogP contribution is 2.22. The number of aromatic nitrogens is 2. The predicted molar refractivity (Wildman–Crippen MR) is 71.8 cm³/mol. The SMILES string of the molecule is Cn1cc(NC(=O)c2cc3cc(N)ccc3o2)cn1. The topological polar surface area (TPSA) is 86.1 Å². The van der Waals surface area contributed by atoms with E-state index in [4.69, 9.17) is 10.2 Å². The Morgan fingerprint density at radius 1 is 1.42 bits per heavy atom. The minimum atomic E-state index is -0.317. The smallest absolute Gasteiger partial charge is 0.291 e. The number of anilines is 2. The number of aryl methyl sites for hydroxylation is 1. The zero-order chi connectivity index (χ0) is 13.4. The summed E-state index contributed by atoms with van der Waals surface area (Å²) in [5, 5.41) is 7.48. The van der Waals surface area contributed by atoms with Crippen LogP contribution in [0, 0.1) is 0 Å². The molecule has 0 atom stereocenters. The van der Waals surface area contributed by atoms with Gasteiger partial charge in [0.05, 0.1) is 11.9 Å². The normalized spacial score (nSPS) is 10.8. The van der Waals surface area contributed by atoms with Crippen molar-refractivity contribution >= 4 is 28.3 Å². The number of hydrogen-bond acceptors (Lipinski definition) is 4. The van der Waals surface area contributed by atoms with E-state index in [2.05, 4.69) is 10.4 Å². The Bertz CT molecular complexity index is 757. The lowest BCUT2D eigenvalue weighted by molar-refractivity contribution is 0.0998. The molecule has 0 saturated carbocycles. The maximum absolute atomic E-state index is 12.0. The van der Waals surface area contributed by atoms with Crippen LogP contribution in [0.15, 0.2) is 41.1 Å². The third kappa shape index (κ3) is 2.15. The van der Waals surface area contributed by atoms with Gasteiger partial charge in [0.1, 0.15) is 5.58 Å². The fourth-order valence-corrected chi connectivity index (χ4v) is 1.85. The molecule has 6 nitrogen and oxygen atoms in total. The summed E-state index contributed by atoms with van der Waals surface area (Å²) in [5.41, 5.74) is 7.56. The molecule has 0 aliphatic carbocycles. The summed E-state index contributed by atoms with van der Waals surface area (Å²) in [7, 11) is 1.78. The molecule has 0 bridgehead atoms. The van der Waals surface area contributed by atoms with Gasteiger partial charge in [-0.1, -0.05) is 0 Å². The third-order valence-electron chi connectivity index (χ3n) is 2.73. The summed E-state index contributed by atoms with van der Waals surface area (Å²) >= 11 is 0. The van der Waals surface area contributed by atoms with Gasteiger partial charge in [0, 0.05) is 24.3 Å². The van der Waals surface area contributed by atoms with Crippen molar-refractivity contribution in [2.24, 2.45) is 7.05 Å². The molecule has 3 aromatic rings. The van der Waals surface area contributed by atoms with Crippen LogP contribution in [0.1, 0.15) is 10.6 Å². The van der Waals surface area contributed by atoms with Crippen LogP contribution in [-0.4, -0.2) is 15.7 Å². The van der Waals surface area contributed by atoms with Gasteiger partial charge in [0.2, 0.25) is 0 Å². The van der Waals surface area contributed by atoms with E-state index in [1.165, 1.54) is 0 Å². The van der Waals surface area contributed by atoms with Crippen LogP contribution in [0.5, 0.6) is 0 Å². The van der Waals surface area contributed by atoms with Gasteiger partial charge in [0.25, 0.3) is 5.91 Å². The highest BCUT2D eigenvalue weighted by molar-refractivity contribution is 6.04. The molecule has 1 amide bonds. The quantitative estimate of drug-likeness (QED) is 0.686. The van der Waals surface area contributed by atoms with E-state index in [1.54, 1.807) is 48.4 Å². The van der Waals surface area contributed by atoms with Gasteiger partial charge in [-0.2, -0.15) is 5.10 Å². The Hall–Kier alpha value is -2.76. The summed E-state index contributed by atoms with van der Waals surface area (Å²) < 4.78 is 7.08. The first kappa shape index (κ1) is 11.3. The zero-order valence-corrected chi connectivity index (χ0v) is 10.3. The molecule has 2 heterocycles. The molecular weight excluding hydrogens is 244 g/mol. The second kappa shape index (κ2) is 4.16. The van der Waals surface area contributed by atoms with Crippen molar-refractivity contribution in [1.82, 2.24) is 9.78 Å². The van der Waals surface area contributed by atoms with Crippen LogP contribution in [0.25, 0.3) is 11.0 Å². The fourth-order valence-electron chi connectivity index (χ4n) is 1.85. The monoisotopic (exact) mass is 256 g/mol. The molecular formula is C13H12N4O2. The largest absolute Gasteiger partial charge is 0.451 e. The second-order valence-electron chi connectivity index (χ2n) is 4.26. The summed E-state index contributed by atoms with van der Waals surface area (Å²) in [6.07, 6.45) is 3.27. The summed E-state index contributed by atoms with van der Waals surface area (Å²) in [6, 6.07) is 6.90. The Morgan fingerprint density at radius 2 is 2.26 bits per heavy atom. The van der Waals surface area contributed by atoms with Crippen molar-refractivity contribution in [1.29, 1.82) is 0 Å². The summed E-state index contributed by atoms with van der Waals surface area (Å²) in [5.74, 6) is -0.0766. The van der Waals surface area contributed by atoms with Crippen LogP contribution in [0.3, 0.4) is 0 Å². The van der Waals surface area contributed by atoms with E-state index in [0.29, 0.717) is 17.0 Å². The lowest BCUT2D eigenvalue weighted by Crippen LogP contribution is -2.10. The number of hydrogen-bond donors (Lipinski definition) is 2. The molecule has 3 rings (SSSR count). The maximum Gasteiger partial charge on any atom is 0.291 e. The highest BCUT2D eigenvalue weighted by atomic mass is 16.3. The van der Waals surface area contributed by atoms with Gasteiger partial charge in [-0.25, -0.2) is 0 Å². The molecule has 3 N–H and O–H groups in total. The van der Waals surface area contributed by atoms with Gasteiger partial charge in [-0.05, 0) is 24.3 Å². The molecule has 0 radical (unpaired) electrons. The summed E-state index contributed by atoms with van der Waals surface area (Å²) in [4.78, 5) is 12.0. The number of nitrogen functional groups attached to an aromatic ring is 1. The number of nitrogens with two attached hydrogens (primary N) is 1. The molecule has 96 valence electrons. The van der Waals surface area contributed by atoms with E-state index in [1.807, 2.05) is 0 Å². The number of nitrogens with zero attached hydrogens (tertiary/aromatic N) is 2. The average Bonchev–Trinajstić information content (AvgIpc) is 2.95. The predicted octanol–water partition coefficient (Wildman–Crippen LogP) is 2.00. The van der Waals surface area contributed by atoms with E-state index in [0.717, 1.165) is 5.39 Å². The molecule has 0 saturated heterocycles. The first-order chi connectivity index (χ1) is 9.11. The number of furan rings is 1. The number of amides is 1. The summed E-state index contributed by atoms with van der Waals surface area (Å²) in [6.45, 7) is 0. The highest BCUT2D eigenvalue weighted by Gasteiger charge is 2.13. The van der Waals surface area contributed by atoms with Gasteiger partial charge in [0.15, 0.2) is 5.76 Å². The van der Waals surface area contributed by atoms with Crippen LogP contribution < -0.4 is 11.1 Å². The number of fused-ring (bicyclic) bond motifs is 1. The maximum atomic E-state index is 12.0. The van der Waals surface area contributed by atoms with E-state index < -0.39 is 0 Å². The Kier molecular flexibility index (Phi) is 2.49. The first-order valence-corrected chi connectivity index (χ1v) is 5.71. The molecule has 0 aliphatic rings. The van der Waals surface area contributed by atoms with Crippen molar-refractivity contribution in [3.63, 3.8) is 0 Å². The van der Waals surface area contributed by atoms with Crippen molar-refractivity contribution in [3.8, 4) is 0 Å².